The number of thiazole rings is 1. The molecule has 0 saturated carbocycles. The third-order valence-electron chi connectivity index (χ3n) is 5.45. The minimum absolute atomic E-state index is 0.0205. The second-order valence-electron chi connectivity index (χ2n) is 7.35. The number of carbonyl (C=O) groups excluding carboxylic acids is 2. The predicted molar refractivity (Wildman–Crippen MR) is 124 cm³/mol. The van der Waals surface area contributed by atoms with E-state index in [9.17, 15) is 19.1 Å². The van der Waals surface area contributed by atoms with Crippen molar-refractivity contribution in [3.63, 3.8) is 0 Å². The highest BCUT2D eigenvalue weighted by Crippen LogP contribution is 2.44. The highest BCUT2D eigenvalue weighted by molar-refractivity contribution is 7.22. The van der Waals surface area contributed by atoms with Gasteiger partial charge in [-0.1, -0.05) is 48.6 Å². The highest BCUT2D eigenvalue weighted by atomic mass is 32.1. The molecule has 1 N–H and O–H groups in total. The van der Waals surface area contributed by atoms with E-state index >= 15 is 0 Å². The van der Waals surface area contributed by atoms with E-state index in [4.69, 9.17) is 0 Å². The zero-order valence-corrected chi connectivity index (χ0v) is 18.5. The first-order valence-corrected chi connectivity index (χ1v) is 11.7. The molecule has 0 fully saturated rings. The van der Waals surface area contributed by atoms with Crippen molar-refractivity contribution in [3.8, 4) is 0 Å². The van der Waals surface area contributed by atoms with E-state index in [2.05, 4.69) is 4.98 Å². The van der Waals surface area contributed by atoms with Crippen LogP contribution < -0.4 is 4.90 Å². The van der Waals surface area contributed by atoms with E-state index < -0.39 is 29.3 Å². The fourth-order valence-electron chi connectivity index (χ4n) is 3.82. The lowest BCUT2D eigenvalue weighted by atomic mass is 9.94. The van der Waals surface area contributed by atoms with Gasteiger partial charge in [0.1, 0.15) is 5.82 Å². The number of hydrogen-bond donors (Lipinski definition) is 1. The summed E-state index contributed by atoms with van der Waals surface area (Å²) in [6, 6.07) is 14.4. The Morgan fingerprint density at radius 3 is 2.66 bits per heavy atom. The maximum Gasteiger partial charge on any atom is 0.296 e. The number of rotatable bonds is 5. The number of hydrogen-bond acceptors (Lipinski definition) is 6. The molecule has 4 aromatic rings. The summed E-state index contributed by atoms with van der Waals surface area (Å²) in [6.07, 6.45) is 0.846. The molecule has 1 unspecified atom stereocenters. The summed E-state index contributed by atoms with van der Waals surface area (Å²) in [5.41, 5.74) is 2.35. The largest absolute Gasteiger partial charge is 0.503 e. The Morgan fingerprint density at radius 1 is 1.19 bits per heavy atom. The van der Waals surface area contributed by atoms with Gasteiger partial charge in [-0.15, -0.1) is 11.3 Å². The normalized spacial score (nSPS) is 16.4. The number of halogens is 1. The average molecular weight is 465 g/mol. The van der Waals surface area contributed by atoms with Crippen molar-refractivity contribution in [2.75, 3.05) is 4.90 Å². The molecular formula is C24H17FN2O3S2. The van der Waals surface area contributed by atoms with Gasteiger partial charge in [-0.05, 0) is 47.2 Å². The summed E-state index contributed by atoms with van der Waals surface area (Å²) in [5.74, 6) is -2.08. The molecular weight excluding hydrogens is 447 g/mol. The number of thiophene rings is 1. The molecule has 1 amide bonds. The molecule has 32 heavy (non-hydrogen) atoms. The van der Waals surface area contributed by atoms with Crippen molar-refractivity contribution in [2.24, 2.45) is 0 Å². The molecule has 0 bridgehead atoms. The maximum atomic E-state index is 13.7. The summed E-state index contributed by atoms with van der Waals surface area (Å²) in [7, 11) is 0. The van der Waals surface area contributed by atoms with Crippen LogP contribution >= 0.6 is 22.7 Å². The zero-order chi connectivity index (χ0) is 22.4. The molecule has 2 aromatic carbocycles. The van der Waals surface area contributed by atoms with Crippen LogP contribution in [0.1, 0.15) is 33.8 Å². The van der Waals surface area contributed by atoms with Gasteiger partial charge in [0, 0.05) is 0 Å². The summed E-state index contributed by atoms with van der Waals surface area (Å²) < 4.78 is 14.3. The van der Waals surface area contributed by atoms with Gasteiger partial charge < -0.3 is 5.11 Å². The van der Waals surface area contributed by atoms with E-state index in [1.807, 2.05) is 31.2 Å². The van der Waals surface area contributed by atoms with E-state index in [0.29, 0.717) is 25.8 Å². The lowest BCUT2D eigenvalue weighted by Crippen LogP contribution is -2.30. The molecule has 0 spiro atoms. The topological polar surface area (TPSA) is 70.5 Å². The van der Waals surface area contributed by atoms with E-state index in [1.165, 1.54) is 28.4 Å². The van der Waals surface area contributed by atoms with Gasteiger partial charge in [0.25, 0.3) is 5.91 Å². The van der Waals surface area contributed by atoms with Crippen molar-refractivity contribution in [3.05, 3.63) is 93.1 Å². The van der Waals surface area contributed by atoms with Gasteiger partial charge in [0.15, 0.2) is 10.9 Å². The van der Waals surface area contributed by atoms with E-state index in [1.54, 1.807) is 23.6 Å². The average Bonchev–Trinajstić information content (AvgIpc) is 3.52. The number of benzene rings is 2. The van der Waals surface area contributed by atoms with Crippen LogP contribution in [-0.2, 0) is 11.2 Å². The molecule has 5 rings (SSSR count). The molecule has 160 valence electrons. The smallest absolute Gasteiger partial charge is 0.296 e. The number of nitrogens with zero attached hydrogens (tertiary/aromatic N) is 2. The van der Waals surface area contributed by atoms with Crippen LogP contribution in [0.15, 0.2) is 71.3 Å². The van der Waals surface area contributed by atoms with Crippen LogP contribution in [-0.4, -0.2) is 21.8 Å². The maximum absolute atomic E-state index is 13.7. The molecule has 1 atom stereocenters. The Morgan fingerprint density at radius 2 is 1.97 bits per heavy atom. The standard InChI is InChI=1S/C24H17FN2O3S2/c1-2-13-5-7-14(8-6-13)20-19(21(28)17-4-3-11-31-17)22(29)23(30)27(20)24-26-16-10-9-15(25)12-18(16)32-24/h3-12,20,29H,2H2,1H3. The Kier molecular flexibility index (Phi) is 5.11. The number of aryl methyl sites for hydroxylation is 1. The molecule has 2 aromatic heterocycles. The van der Waals surface area contributed by atoms with Crippen LogP contribution in [0.2, 0.25) is 0 Å². The first-order valence-electron chi connectivity index (χ1n) is 9.97. The Balaban J connectivity index is 1.67. The van der Waals surface area contributed by atoms with E-state index in [-0.39, 0.29) is 5.57 Å². The Bertz CT molecular complexity index is 1370. The third-order valence-corrected chi connectivity index (χ3v) is 7.33. The summed E-state index contributed by atoms with van der Waals surface area (Å²) in [4.78, 5) is 32.8. The van der Waals surface area contributed by atoms with Crippen LogP contribution in [0.25, 0.3) is 10.2 Å². The fraction of sp³-hybridized carbons (Fsp3) is 0.125. The van der Waals surface area contributed by atoms with Crippen LogP contribution in [0, 0.1) is 5.82 Å². The molecule has 0 saturated heterocycles. The number of fused-ring (bicyclic) bond motifs is 1. The number of carbonyl (C=O) groups is 2. The molecule has 5 nitrogen and oxygen atoms in total. The van der Waals surface area contributed by atoms with Gasteiger partial charge in [0.2, 0.25) is 5.78 Å². The predicted octanol–water partition coefficient (Wildman–Crippen LogP) is 5.84. The van der Waals surface area contributed by atoms with E-state index in [0.717, 1.165) is 23.3 Å². The molecule has 3 heterocycles. The zero-order valence-electron chi connectivity index (χ0n) is 16.9. The fourth-order valence-corrected chi connectivity index (χ4v) is 5.51. The van der Waals surface area contributed by atoms with Crippen molar-refractivity contribution in [1.82, 2.24) is 4.98 Å². The van der Waals surface area contributed by atoms with Crippen LogP contribution in [0.3, 0.4) is 0 Å². The number of aromatic nitrogens is 1. The van der Waals surface area contributed by atoms with Crippen molar-refractivity contribution in [2.45, 2.75) is 19.4 Å². The summed E-state index contributed by atoms with van der Waals surface area (Å²) in [6.45, 7) is 2.04. The minimum Gasteiger partial charge on any atom is -0.503 e. The number of ketones is 1. The quantitative estimate of drug-likeness (QED) is 0.377. The summed E-state index contributed by atoms with van der Waals surface area (Å²) >= 11 is 2.39. The molecule has 0 aliphatic carbocycles. The monoisotopic (exact) mass is 464 g/mol. The van der Waals surface area contributed by atoms with Gasteiger partial charge in [-0.2, -0.15) is 0 Å². The number of aliphatic hydroxyl groups excluding tert-OH is 1. The highest BCUT2D eigenvalue weighted by Gasteiger charge is 2.46. The third kappa shape index (κ3) is 3.32. The number of aliphatic hydroxyl groups is 1. The van der Waals surface area contributed by atoms with Crippen LogP contribution in [0.4, 0.5) is 9.52 Å². The Hall–Kier alpha value is -3.36. The molecule has 1 aliphatic rings. The number of Topliss-reactive ketones (excluding diaryl/α,β-unsaturated/α-hetero) is 1. The second kappa shape index (κ2) is 7.96. The van der Waals surface area contributed by atoms with Gasteiger partial charge in [0.05, 0.1) is 26.7 Å². The van der Waals surface area contributed by atoms with Crippen molar-refractivity contribution < 1.29 is 19.1 Å². The SMILES string of the molecule is CCc1ccc(C2C(C(=O)c3cccs3)=C(O)C(=O)N2c2nc3ccc(F)cc3s2)cc1. The second-order valence-corrected chi connectivity index (χ2v) is 9.31. The number of amides is 1. The van der Waals surface area contributed by atoms with Gasteiger partial charge in [-0.25, -0.2) is 9.37 Å². The van der Waals surface area contributed by atoms with Gasteiger partial charge >= 0.3 is 0 Å². The van der Waals surface area contributed by atoms with Gasteiger partial charge in [-0.3, -0.25) is 14.5 Å². The molecule has 0 radical (unpaired) electrons. The number of anilines is 1. The van der Waals surface area contributed by atoms with Crippen LogP contribution in [0.5, 0.6) is 0 Å². The Labute approximate surface area is 191 Å². The molecule has 1 aliphatic heterocycles. The lowest BCUT2D eigenvalue weighted by molar-refractivity contribution is -0.117. The summed E-state index contributed by atoms with van der Waals surface area (Å²) in [5, 5.41) is 12.9. The molecule has 8 heteroatoms. The van der Waals surface area contributed by atoms with Crippen molar-refractivity contribution >= 4 is 49.7 Å². The minimum atomic E-state index is -0.839. The first kappa shape index (κ1) is 20.5. The lowest BCUT2D eigenvalue weighted by Gasteiger charge is -2.24. The van der Waals surface area contributed by atoms with Crippen molar-refractivity contribution in [1.29, 1.82) is 0 Å². The first-order chi connectivity index (χ1) is 15.5.